The Hall–Kier alpha value is -2.96. The number of aldehydes is 1. The molecule has 0 unspecified atom stereocenters. The molecule has 0 fully saturated rings. The fraction of sp³-hybridized carbons (Fsp3) is 0.469. The van der Waals surface area contributed by atoms with Gasteiger partial charge in [-0.05, 0) is 52.8 Å². The number of halogens is 1. The topological polar surface area (TPSA) is 125 Å². The lowest BCUT2D eigenvalue weighted by Crippen LogP contribution is -2.54. The van der Waals surface area contributed by atoms with Crippen LogP contribution in [-0.2, 0) is 16.1 Å². The Morgan fingerprint density at radius 2 is 1.88 bits per heavy atom. The van der Waals surface area contributed by atoms with E-state index in [4.69, 9.17) is 9.47 Å². The van der Waals surface area contributed by atoms with Gasteiger partial charge < -0.3 is 29.9 Å². The predicted molar refractivity (Wildman–Crippen MR) is 168 cm³/mol. The largest absolute Gasteiger partial charge is 0.493 e. The van der Waals surface area contributed by atoms with Gasteiger partial charge in [-0.25, -0.2) is 0 Å². The average molecular weight is 693 g/mol. The lowest BCUT2D eigenvalue weighted by atomic mass is 9.87. The molecule has 228 valence electrons. The molecule has 3 atom stereocenters. The number of rotatable bonds is 16. The van der Waals surface area contributed by atoms with Gasteiger partial charge >= 0.3 is 0 Å². The van der Waals surface area contributed by atoms with Gasteiger partial charge in [0.05, 0.1) is 23.3 Å². The van der Waals surface area contributed by atoms with Crippen molar-refractivity contribution >= 4 is 40.7 Å². The number of nitrogens with one attached hydrogen (secondary N) is 1. The van der Waals surface area contributed by atoms with Crippen molar-refractivity contribution in [2.24, 2.45) is 0 Å². The first-order chi connectivity index (χ1) is 20.3. The molecular weight excluding hydrogens is 651 g/mol. The third-order valence-electron chi connectivity index (χ3n) is 7.27. The summed E-state index contributed by atoms with van der Waals surface area (Å²) in [5.41, 5.74) is 1.66. The number of carbonyl (C=O) groups excluding carboxylic acids is 3. The standard InChI is InChI=1S/C32H41IN2O7/c1-3-4-5-6-10-13-29(38)35(20-22-11-8-7-9-12-22)26-18-24(32(40)34-14-15-36)19-27(30(26)39)42-31-25(33)16-23(21-37)17-28(31)41-2/h7-9,11-12,16-17,19,21,26-27,30,36,39H,3-6,10,13-15,18,20H2,1-2H3,(H,34,40)/t26-,27+,30+/m1/s1. The first-order valence-corrected chi connectivity index (χ1v) is 15.5. The van der Waals surface area contributed by atoms with Crippen LogP contribution in [0.4, 0.5) is 0 Å². The second-order valence-corrected chi connectivity index (χ2v) is 11.5. The molecule has 1 aliphatic rings. The van der Waals surface area contributed by atoms with Gasteiger partial charge in [0.15, 0.2) is 11.5 Å². The second-order valence-electron chi connectivity index (χ2n) is 10.3. The van der Waals surface area contributed by atoms with E-state index in [1.165, 1.54) is 7.11 Å². The summed E-state index contributed by atoms with van der Waals surface area (Å²) >= 11 is 2.03. The number of unbranched alkanes of at least 4 members (excludes halogenated alkanes) is 4. The third kappa shape index (κ3) is 9.27. The van der Waals surface area contributed by atoms with Crippen molar-refractivity contribution in [1.82, 2.24) is 10.2 Å². The van der Waals surface area contributed by atoms with Gasteiger partial charge in [-0.2, -0.15) is 0 Å². The van der Waals surface area contributed by atoms with Crippen LogP contribution in [0.1, 0.15) is 67.8 Å². The van der Waals surface area contributed by atoms with Crippen LogP contribution in [0.25, 0.3) is 0 Å². The molecule has 9 nitrogen and oxygen atoms in total. The minimum Gasteiger partial charge on any atom is -0.493 e. The number of carbonyl (C=O) groups is 3. The van der Waals surface area contributed by atoms with E-state index in [2.05, 4.69) is 12.2 Å². The summed E-state index contributed by atoms with van der Waals surface area (Å²) in [5.74, 6) is 0.121. The number of methoxy groups -OCH3 is 1. The Bertz CT molecular complexity index is 1220. The fourth-order valence-corrected chi connectivity index (χ4v) is 5.78. The Morgan fingerprint density at radius 1 is 1.14 bits per heavy atom. The van der Waals surface area contributed by atoms with Gasteiger partial charge in [-0.15, -0.1) is 0 Å². The van der Waals surface area contributed by atoms with Crippen LogP contribution < -0.4 is 14.8 Å². The first kappa shape index (κ1) is 33.5. The van der Waals surface area contributed by atoms with Crippen molar-refractivity contribution in [1.29, 1.82) is 0 Å². The van der Waals surface area contributed by atoms with Crippen LogP contribution in [0, 0.1) is 3.57 Å². The maximum absolute atomic E-state index is 13.7. The van der Waals surface area contributed by atoms with E-state index in [1.54, 1.807) is 23.1 Å². The van der Waals surface area contributed by atoms with Gasteiger partial charge in [-0.3, -0.25) is 14.4 Å². The molecule has 2 aromatic rings. The van der Waals surface area contributed by atoms with E-state index < -0.39 is 24.2 Å². The van der Waals surface area contributed by atoms with Crippen molar-refractivity contribution in [2.75, 3.05) is 20.3 Å². The van der Waals surface area contributed by atoms with Gasteiger partial charge in [0, 0.05) is 37.1 Å². The van der Waals surface area contributed by atoms with Crippen molar-refractivity contribution in [3.63, 3.8) is 0 Å². The van der Waals surface area contributed by atoms with Gasteiger partial charge in [0.1, 0.15) is 18.5 Å². The molecule has 0 aliphatic heterocycles. The number of benzene rings is 2. The second kappa shape index (κ2) is 17.2. The molecule has 0 saturated carbocycles. The van der Waals surface area contributed by atoms with E-state index in [-0.39, 0.29) is 32.0 Å². The molecule has 0 aromatic heterocycles. The zero-order valence-corrected chi connectivity index (χ0v) is 26.4. The molecule has 2 amide bonds. The summed E-state index contributed by atoms with van der Waals surface area (Å²) in [4.78, 5) is 39.9. The summed E-state index contributed by atoms with van der Waals surface area (Å²) in [5, 5.41) is 23.7. The smallest absolute Gasteiger partial charge is 0.247 e. The highest BCUT2D eigenvalue weighted by Crippen LogP contribution is 2.37. The lowest BCUT2D eigenvalue weighted by molar-refractivity contribution is -0.139. The average Bonchev–Trinajstić information content (AvgIpc) is 3.00. The van der Waals surface area contributed by atoms with Gasteiger partial charge in [0.25, 0.3) is 0 Å². The SMILES string of the molecule is CCCCCCCC(=O)N(Cc1ccccc1)[C@@H]1CC(C(=O)NCCO)=C[C@H](Oc2c(I)cc(C=O)cc2OC)[C@H]1O. The van der Waals surface area contributed by atoms with E-state index in [9.17, 15) is 24.6 Å². The fourth-order valence-electron chi connectivity index (χ4n) is 5.03. The zero-order chi connectivity index (χ0) is 30.5. The van der Waals surface area contributed by atoms with E-state index in [1.807, 2.05) is 52.9 Å². The lowest BCUT2D eigenvalue weighted by Gasteiger charge is -2.41. The molecule has 42 heavy (non-hydrogen) atoms. The van der Waals surface area contributed by atoms with Crippen LogP contribution in [0.15, 0.2) is 54.1 Å². The summed E-state index contributed by atoms with van der Waals surface area (Å²) in [6.07, 6.45) is 5.53. The van der Waals surface area contributed by atoms with Crippen LogP contribution in [-0.4, -0.2) is 71.7 Å². The van der Waals surface area contributed by atoms with E-state index in [0.29, 0.717) is 38.9 Å². The van der Waals surface area contributed by atoms with Gasteiger partial charge in [0.2, 0.25) is 11.8 Å². The Kier molecular flexibility index (Phi) is 13.8. The maximum Gasteiger partial charge on any atom is 0.247 e. The van der Waals surface area contributed by atoms with Crippen LogP contribution in [0.3, 0.4) is 0 Å². The van der Waals surface area contributed by atoms with Crippen molar-refractivity contribution < 1.29 is 34.1 Å². The molecule has 0 radical (unpaired) electrons. The molecule has 0 bridgehead atoms. The minimum absolute atomic E-state index is 0.0677. The highest BCUT2D eigenvalue weighted by atomic mass is 127. The number of nitrogens with zero attached hydrogens (tertiary/aromatic N) is 1. The number of amides is 2. The van der Waals surface area contributed by atoms with E-state index in [0.717, 1.165) is 37.7 Å². The first-order valence-electron chi connectivity index (χ1n) is 14.4. The molecular formula is C32H41IN2O7. The summed E-state index contributed by atoms with van der Waals surface area (Å²) in [6, 6.07) is 12.0. The molecule has 0 heterocycles. The Morgan fingerprint density at radius 3 is 2.55 bits per heavy atom. The van der Waals surface area contributed by atoms with Gasteiger partial charge in [-0.1, -0.05) is 62.9 Å². The molecule has 3 rings (SSSR count). The third-order valence-corrected chi connectivity index (χ3v) is 8.07. The highest BCUT2D eigenvalue weighted by molar-refractivity contribution is 14.1. The molecule has 1 aliphatic carbocycles. The predicted octanol–water partition coefficient (Wildman–Crippen LogP) is 4.42. The normalized spacial score (nSPS) is 18.1. The maximum atomic E-state index is 13.7. The molecule has 0 spiro atoms. The van der Waals surface area contributed by atoms with Crippen molar-refractivity contribution in [3.05, 3.63) is 68.8 Å². The number of hydrogen-bond acceptors (Lipinski definition) is 7. The Labute approximate surface area is 261 Å². The monoisotopic (exact) mass is 692 g/mol. The van der Waals surface area contributed by atoms with E-state index >= 15 is 0 Å². The van der Waals surface area contributed by atoms with Crippen molar-refractivity contribution in [3.8, 4) is 11.5 Å². The van der Waals surface area contributed by atoms with Crippen LogP contribution >= 0.6 is 22.6 Å². The molecule has 0 saturated heterocycles. The van der Waals surface area contributed by atoms with Crippen LogP contribution in [0.2, 0.25) is 0 Å². The summed E-state index contributed by atoms with van der Waals surface area (Å²) < 4.78 is 12.4. The molecule has 10 heteroatoms. The number of aliphatic hydroxyl groups is 2. The highest BCUT2D eigenvalue weighted by Gasteiger charge is 2.40. The summed E-state index contributed by atoms with van der Waals surface area (Å²) in [6.45, 7) is 2.26. The number of ether oxygens (including phenoxy) is 2. The minimum atomic E-state index is -1.17. The Balaban J connectivity index is 1.97. The molecule has 3 N–H and O–H groups in total. The molecule has 2 aromatic carbocycles. The van der Waals surface area contributed by atoms with Crippen LogP contribution in [0.5, 0.6) is 11.5 Å². The number of hydrogen-bond donors (Lipinski definition) is 3. The number of aliphatic hydroxyl groups excluding tert-OH is 2. The quantitative estimate of drug-likeness (QED) is 0.135. The summed E-state index contributed by atoms with van der Waals surface area (Å²) in [7, 11) is 1.46. The zero-order valence-electron chi connectivity index (χ0n) is 24.3. The van der Waals surface area contributed by atoms with Crippen molar-refractivity contribution in [2.45, 2.75) is 76.7 Å².